The van der Waals surface area contributed by atoms with Gasteiger partial charge < -0.3 is 10.1 Å². The van der Waals surface area contributed by atoms with Crippen molar-refractivity contribution in [2.75, 3.05) is 17.3 Å². The second-order valence-corrected chi connectivity index (χ2v) is 8.18. The Morgan fingerprint density at radius 3 is 2.61 bits per heavy atom. The van der Waals surface area contributed by atoms with Gasteiger partial charge in [-0.15, -0.1) is 0 Å². The second-order valence-electron chi connectivity index (χ2n) is 8.18. The first-order valence-electron chi connectivity index (χ1n) is 10.8. The highest BCUT2D eigenvalue weighted by atomic mass is 16.5. The first-order chi connectivity index (χ1) is 16.0. The van der Waals surface area contributed by atoms with Crippen LogP contribution in [0.15, 0.2) is 72.8 Å². The third-order valence-electron chi connectivity index (χ3n) is 5.86. The lowest BCUT2D eigenvalue weighted by molar-refractivity contribution is -0.124. The Labute approximate surface area is 191 Å². The van der Waals surface area contributed by atoms with Gasteiger partial charge in [-0.25, -0.2) is 4.98 Å². The van der Waals surface area contributed by atoms with E-state index in [1.54, 1.807) is 36.3 Å². The molecule has 1 atom stereocenters. The summed E-state index contributed by atoms with van der Waals surface area (Å²) in [5, 5.41) is 2.88. The lowest BCUT2D eigenvalue weighted by atomic mass is 10.1. The number of nitrogens with one attached hydrogen (secondary N) is 1. The molecule has 4 aromatic rings. The largest absolute Gasteiger partial charge is 0.497 e. The first kappa shape index (κ1) is 20.8. The number of anilines is 2. The number of fused-ring (bicyclic) bond motifs is 3. The molecular formula is C26H24N4O3. The van der Waals surface area contributed by atoms with Gasteiger partial charge in [0, 0.05) is 5.69 Å². The molecule has 166 valence electrons. The third-order valence-corrected chi connectivity index (χ3v) is 5.86. The number of aryl methyl sites for hydroxylation is 1. The second kappa shape index (κ2) is 8.43. The van der Waals surface area contributed by atoms with Gasteiger partial charge in [-0.3, -0.25) is 19.1 Å². The van der Waals surface area contributed by atoms with E-state index in [0.29, 0.717) is 23.9 Å². The van der Waals surface area contributed by atoms with Crippen LogP contribution in [0.4, 0.5) is 11.6 Å². The number of carbonyl (C=O) groups excluding carboxylic acids is 2. The molecule has 1 N–H and O–H groups in total. The number of methoxy groups -OCH3 is 1. The van der Waals surface area contributed by atoms with Crippen LogP contribution in [0.5, 0.6) is 5.75 Å². The quantitative estimate of drug-likeness (QED) is 0.480. The normalized spacial score (nSPS) is 15.0. The molecule has 1 aromatic heterocycles. The summed E-state index contributed by atoms with van der Waals surface area (Å²) in [6.45, 7) is 2.43. The Kier molecular flexibility index (Phi) is 5.30. The molecule has 33 heavy (non-hydrogen) atoms. The lowest BCUT2D eigenvalue weighted by Gasteiger charge is -2.16. The van der Waals surface area contributed by atoms with E-state index in [1.165, 1.54) is 0 Å². The number of imidazole rings is 1. The number of ether oxygens (including phenoxy) is 1. The van der Waals surface area contributed by atoms with Crippen molar-refractivity contribution in [1.29, 1.82) is 0 Å². The van der Waals surface area contributed by atoms with Gasteiger partial charge >= 0.3 is 0 Å². The maximum atomic E-state index is 13.5. The topological polar surface area (TPSA) is 76.5 Å². The van der Waals surface area contributed by atoms with Gasteiger partial charge in [0.2, 0.25) is 11.9 Å². The number of nitrogens with zero attached hydrogens (tertiary/aromatic N) is 3. The number of amides is 2. The molecule has 2 amide bonds. The van der Waals surface area contributed by atoms with Crippen LogP contribution in [0.3, 0.4) is 0 Å². The van der Waals surface area contributed by atoms with E-state index in [9.17, 15) is 9.59 Å². The molecule has 0 spiro atoms. The van der Waals surface area contributed by atoms with Gasteiger partial charge in [-0.1, -0.05) is 42.0 Å². The summed E-state index contributed by atoms with van der Waals surface area (Å²) in [5.74, 6) is 0.916. The summed E-state index contributed by atoms with van der Waals surface area (Å²) in [6.07, 6.45) is 0.0164. The fourth-order valence-electron chi connectivity index (χ4n) is 4.30. The zero-order chi connectivity index (χ0) is 22.9. The maximum absolute atomic E-state index is 13.5. The molecule has 0 unspecified atom stereocenters. The number of hydrogen-bond donors (Lipinski definition) is 1. The van der Waals surface area contributed by atoms with Gasteiger partial charge in [-0.2, -0.15) is 0 Å². The third kappa shape index (κ3) is 3.93. The molecule has 7 heteroatoms. The van der Waals surface area contributed by atoms with Gasteiger partial charge in [0.1, 0.15) is 11.8 Å². The van der Waals surface area contributed by atoms with Crippen LogP contribution in [-0.4, -0.2) is 28.5 Å². The Bertz CT molecular complexity index is 1340. The summed E-state index contributed by atoms with van der Waals surface area (Å²) in [6, 6.07) is 22.2. The minimum atomic E-state index is -0.657. The summed E-state index contributed by atoms with van der Waals surface area (Å²) in [4.78, 5) is 32.8. The number of aromatic nitrogens is 2. The van der Waals surface area contributed by atoms with Crippen molar-refractivity contribution in [2.45, 2.75) is 25.9 Å². The van der Waals surface area contributed by atoms with E-state index in [4.69, 9.17) is 9.72 Å². The van der Waals surface area contributed by atoms with E-state index in [1.807, 2.05) is 54.0 Å². The summed E-state index contributed by atoms with van der Waals surface area (Å²) in [5.41, 5.74) is 4.44. The number of carbonyl (C=O) groups is 2. The molecule has 0 saturated carbocycles. The highest BCUT2D eigenvalue weighted by molar-refractivity contribution is 6.05. The molecule has 5 rings (SSSR count). The monoisotopic (exact) mass is 440 g/mol. The smallest absolute Gasteiger partial charge is 0.253 e. The van der Waals surface area contributed by atoms with Crippen LogP contribution < -0.4 is 15.0 Å². The van der Waals surface area contributed by atoms with E-state index in [-0.39, 0.29) is 18.2 Å². The Balaban J connectivity index is 1.44. The summed E-state index contributed by atoms with van der Waals surface area (Å²) >= 11 is 0. The molecule has 2 heterocycles. The van der Waals surface area contributed by atoms with Crippen molar-refractivity contribution in [3.05, 3.63) is 83.9 Å². The van der Waals surface area contributed by atoms with Gasteiger partial charge in [0.05, 0.1) is 31.1 Å². The standard InChI is InChI=1S/C26H24N4O3/c1-17-6-5-7-18(14-17)16-29-25(32)23(30-22-9-4-3-8-21(22)28-26(29)30)15-24(31)27-19-10-12-20(33-2)13-11-19/h3-14,23H,15-16H2,1-2H3,(H,27,31)/t23-/m0/s1. The summed E-state index contributed by atoms with van der Waals surface area (Å²) < 4.78 is 7.05. The Morgan fingerprint density at radius 2 is 1.85 bits per heavy atom. The van der Waals surface area contributed by atoms with Gasteiger partial charge in [-0.05, 0) is 48.9 Å². The molecule has 7 nitrogen and oxygen atoms in total. The number of benzene rings is 3. The van der Waals surface area contributed by atoms with Crippen molar-refractivity contribution in [1.82, 2.24) is 9.55 Å². The fraction of sp³-hybridized carbons (Fsp3) is 0.192. The minimum Gasteiger partial charge on any atom is -0.497 e. The molecular weight excluding hydrogens is 416 g/mol. The zero-order valence-electron chi connectivity index (χ0n) is 18.5. The van der Waals surface area contributed by atoms with Crippen molar-refractivity contribution in [3.63, 3.8) is 0 Å². The average molecular weight is 441 g/mol. The average Bonchev–Trinajstić information content (AvgIpc) is 3.30. The summed E-state index contributed by atoms with van der Waals surface area (Å²) in [7, 11) is 1.59. The van der Waals surface area contributed by atoms with Crippen LogP contribution >= 0.6 is 0 Å². The zero-order valence-corrected chi connectivity index (χ0v) is 18.5. The fourth-order valence-corrected chi connectivity index (χ4v) is 4.30. The van der Waals surface area contributed by atoms with E-state index >= 15 is 0 Å². The predicted octanol–water partition coefficient (Wildman–Crippen LogP) is 4.47. The highest BCUT2D eigenvalue weighted by Gasteiger charge is 2.40. The number of rotatable bonds is 6. The predicted molar refractivity (Wildman–Crippen MR) is 127 cm³/mol. The van der Waals surface area contributed by atoms with Crippen LogP contribution in [-0.2, 0) is 16.1 Å². The van der Waals surface area contributed by atoms with E-state index < -0.39 is 6.04 Å². The van der Waals surface area contributed by atoms with E-state index in [2.05, 4.69) is 11.4 Å². The molecule has 0 fully saturated rings. The first-order valence-corrected chi connectivity index (χ1v) is 10.8. The molecule has 1 aliphatic heterocycles. The maximum Gasteiger partial charge on any atom is 0.253 e. The Morgan fingerprint density at radius 1 is 1.06 bits per heavy atom. The molecule has 0 aliphatic carbocycles. The van der Waals surface area contributed by atoms with Gasteiger partial charge in [0.25, 0.3) is 5.91 Å². The number of hydrogen-bond acceptors (Lipinski definition) is 4. The molecule has 3 aromatic carbocycles. The van der Waals surface area contributed by atoms with Crippen LogP contribution in [0.25, 0.3) is 11.0 Å². The van der Waals surface area contributed by atoms with Crippen molar-refractivity contribution in [2.24, 2.45) is 0 Å². The lowest BCUT2D eigenvalue weighted by Crippen LogP contribution is -2.31. The van der Waals surface area contributed by atoms with Gasteiger partial charge in [0.15, 0.2) is 0 Å². The van der Waals surface area contributed by atoms with Crippen LogP contribution in [0.2, 0.25) is 0 Å². The van der Waals surface area contributed by atoms with Crippen LogP contribution in [0.1, 0.15) is 23.6 Å². The minimum absolute atomic E-state index is 0.0164. The molecule has 0 radical (unpaired) electrons. The van der Waals surface area contributed by atoms with Crippen LogP contribution in [0, 0.1) is 6.92 Å². The van der Waals surface area contributed by atoms with Crippen molar-refractivity contribution >= 4 is 34.5 Å². The number of para-hydroxylation sites is 2. The van der Waals surface area contributed by atoms with E-state index in [0.717, 1.165) is 22.2 Å². The van der Waals surface area contributed by atoms with Crippen molar-refractivity contribution < 1.29 is 14.3 Å². The SMILES string of the molecule is COc1ccc(NC(=O)C[C@H]2C(=O)N(Cc3cccc(C)c3)c3nc4ccccc4n32)cc1. The molecule has 0 bridgehead atoms. The Hall–Kier alpha value is -4.13. The highest BCUT2D eigenvalue weighted by Crippen LogP contribution is 2.37. The molecule has 1 aliphatic rings. The molecule has 0 saturated heterocycles. The van der Waals surface area contributed by atoms with Crippen molar-refractivity contribution in [3.8, 4) is 5.75 Å².